The van der Waals surface area contributed by atoms with Crippen molar-refractivity contribution in [2.24, 2.45) is 0 Å². The molecule has 0 N–H and O–H groups in total. The lowest BCUT2D eigenvalue weighted by atomic mass is 10.1. The fraction of sp³-hybridized carbons (Fsp3) is 0.316. The highest BCUT2D eigenvalue weighted by molar-refractivity contribution is 7.99. The van der Waals surface area contributed by atoms with Gasteiger partial charge in [0.05, 0.1) is 16.8 Å². The molecule has 26 heavy (non-hydrogen) atoms. The number of carbonyl (C=O) groups excluding carboxylic acids is 1. The molecule has 0 spiro atoms. The lowest BCUT2D eigenvalue weighted by Crippen LogP contribution is -2.36. The first-order chi connectivity index (χ1) is 12.7. The minimum Gasteiger partial charge on any atom is -0.342 e. The average Bonchev–Trinajstić information content (AvgIpc) is 3.16. The van der Waals surface area contributed by atoms with Crippen molar-refractivity contribution in [1.82, 2.24) is 14.5 Å². The van der Waals surface area contributed by atoms with E-state index in [1.165, 1.54) is 29.5 Å². The predicted octanol–water partition coefficient (Wildman–Crippen LogP) is 3.55. The molecule has 1 aliphatic heterocycles. The van der Waals surface area contributed by atoms with E-state index in [1.54, 1.807) is 4.57 Å². The highest BCUT2D eigenvalue weighted by atomic mass is 32.2. The number of piperidine rings is 1. The van der Waals surface area contributed by atoms with Gasteiger partial charge in [0.2, 0.25) is 5.91 Å². The van der Waals surface area contributed by atoms with Gasteiger partial charge in [-0.05, 0) is 42.8 Å². The summed E-state index contributed by atoms with van der Waals surface area (Å²) >= 11 is 2.79. The van der Waals surface area contributed by atoms with Gasteiger partial charge in [0.1, 0.15) is 4.83 Å². The summed E-state index contributed by atoms with van der Waals surface area (Å²) in [5, 5.41) is 3.06. The zero-order valence-electron chi connectivity index (χ0n) is 14.3. The van der Waals surface area contributed by atoms with Gasteiger partial charge in [-0.25, -0.2) is 4.98 Å². The molecule has 1 saturated heterocycles. The van der Waals surface area contributed by atoms with Crippen molar-refractivity contribution in [3.8, 4) is 5.69 Å². The summed E-state index contributed by atoms with van der Waals surface area (Å²) in [4.78, 5) is 32.8. The minimum absolute atomic E-state index is 0.0876. The van der Waals surface area contributed by atoms with Gasteiger partial charge in [0.15, 0.2) is 5.16 Å². The van der Waals surface area contributed by atoms with Gasteiger partial charge in [-0.3, -0.25) is 14.2 Å². The Balaban J connectivity index is 1.67. The number of thiophene rings is 1. The van der Waals surface area contributed by atoms with Crippen molar-refractivity contribution in [2.75, 3.05) is 18.8 Å². The molecule has 0 bridgehead atoms. The van der Waals surface area contributed by atoms with Crippen LogP contribution in [-0.2, 0) is 4.79 Å². The number of carbonyl (C=O) groups is 1. The van der Waals surface area contributed by atoms with Crippen LogP contribution < -0.4 is 5.56 Å². The number of aromatic nitrogens is 2. The lowest BCUT2D eigenvalue weighted by Gasteiger charge is -2.26. The highest BCUT2D eigenvalue weighted by Crippen LogP contribution is 2.24. The SMILES string of the molecule is O=C(CSc1nc2sccc2c(=O)n1-c1ccccc1)N1CCCCC1. The Morgan fingerprint density at radius 2 is 1.88 bits per heavy atom. The summed E-state index contributed by atoms with van der Waals surface area (Å²) < 4.78 is 1.61. The monoisotopic (exact) mass is 385 g/mol. The van der Waals surface area contributed by atoms with E-state index >= 15 is 0 Å². The third-order valence-electron chi connectivity index (χ3n) is 4.51. The maximum Gasteiger partial charge on any atom is 0.267 e. The maximum atomic E-state index is 13.0. The average molecular weight is 386 g/mol. The van der Waals surface area contributed by atoms with Crippen molar-refractivity contribution < 1.29 is 4.79 Å². The van der Waals surface area contributed by atoms with Crippen LogP contribution in [0.15, 0.2) is 51.7 Å². The number of nitrogens with zero attached hydrogens (tertiary/aromatic N) is 3. The standard InChI is InChI=1S/C19H19N3O2S2/c23-16(21-10-5-2-6-11-21)13-26-19-20-17-15(9-12-25-17)18(24)22(19)14-7-3-1-4-8-14/h1,3-4,7-9,12H,2,5-6,10-11,13H2. The van der Waals surface area contributed by atoms with Crippen molar-refractivity contribution in [2.45, 2.75) is 24.4 Å². The summed E-state index contributed by atoms with van der Waals surface area (Å²) in [7, 11) is 0. The first kappa shape index (κ1) is 17.3. The quantitative estimate of drug-likeness (QED) is 0.509. The number of thioether (sulfide) groups is 1. The zero-order chi connectivity index (χ0) is 17.9. The summed E-state index contributed by atoms with van der Waals surface area (Å²) in [6, 6.07) is 11.3. The van der Waals surface area contributed by atoms with E-state index in [-0.39, 0.29) is 11.5 Å². The maximum absolute atomic E-state index is 13.0. The summed E-state index contributed by atoms with van der Waals surface area (Å²) in [6.07, 6.45) is 3.34. The summed E-state index contributed by atoms with van der Waals surface area (Å²) in [6.45, 7) is 1.67. The molecule has 1 aromatic carbocycles. The zero-order valence-corrected chi connectivity index (χ0v) is 15.9. The molecule has 0 aliphatic carbocycles. The molecule has 5 nitrogen and oxygen atoms in total. The number of fused-ring (bicyclic) bond motifs is 1. The smallest absolute Gasteiger partial charge is 0.267 e. The Morgan fingerprint density at radius 3 is 2.65 bits per heavy atom. The van der Waals surface area contributed by atoms with Crippen molar-refractivity contribution in [3.05, 3.63) is 52.1 Å². The second-order valence-corrected chi connectivity index (χ2v) is 8.08. The molecule has 3 aromatic rings. The first-order valence-electron chi connectivity index (χ1n) is 8.70. The van der Waals surface area contributed by atoms with E-state index in [2.05, 4.69) is 4.98 Å². The van der Waals surface area contributed by atoms with Gasteiger partial charge in [0, 0.05) is 13.1 Å². The fourth-order valence-electron chi connectivity index (χ4n) is 3.16. The summed E-state index contributed by atoms with van der Waals surface area (Å²) in [5.74, 6) is 0.422. The second-order valence-electron chi connectivity index (χ2n) is 6.24. The van der Waals surface area contributed by atoms with Crippen LogP contribution >= 0.6 is 23.1 Å². The third-order valence-corrected chi connectivity index (χ3v) is 6.24. The Labute approximate surface area is 159 Å². The first-order valence-corrected chi connectivity index (χ1v) is 10.6. The Hall–Kier alpha value is -2.12. The van der Waals surface area contributed by atoms with E-state index in [0.29, 0.717) is 16.3 Å². The lowest BCUT2D eigenvalue weighted by molar-refractivity contribution is -0.129. The molecule has 4 rings (SSSR count). The van der Waals surface area contributed by atoms with Gasteiger partial charge in [-0.1, -0.05) is 30.0 Å². The molecule has 0 unspecified atom stereocenters. The number of benzene rings is 1. The van der Waals surface area contributed by atoms with Gasteiger partial charge in [-0.15, -0.1) is 11.3 Å². The molecular weight excluding hydrogens is 366 g/mol. The number of hydrogen-bond acceptors (Lipinski definition) is 5. The van der Waals surface area contributed by atoms with E-state index in [1.807, 2.05) is 46.7 Å². The second kappa shape index (κ2) is 7.63. The molecule has 1 amide bonds. The van der Waals surface area contributed by atoms with Crippen LogP contribution in [0.4, 0.5) is 0 Å². The number of hydrogen-bond donors (Lipinski definition) is 0. The Morgan fingerprint density at radius 1 is 1.12 bits per heavy atom. The number of para-hydroxylation sites is 1. The highest BCUT2D eigenvalue weighted by Gasteiger charge is 2.19. The van der Waals surface area contributed by atoms with Crippen LogP contribution in [0.1, 0.15) is 19.3 Å². The molecular formula is C19H19N3O2S2. The molecule has 1 fully saturated rings. The normalized spacial score (nSPS) is 14.7. The molecule has 0 saturated carbocycles. The van der Waals surface area contributed by atoms with Crippen LogP contribution in [0.5, 0.6) is 0 Å². The number of amides is 1. The van der Waals surface area contributed by atoms with Crippen LogP contribution in [0.3, 0.4) is 0 Å². The van der Waals surface area contributed by atoms with Gasteiger partial charge in [0.25, 0.3) is 5.56 Å². The Bertz CT molecular complexity index is 975. The van der Waals surface area contributed by atoms with E-state index in [9.17, 15) is 9.59 Å². The van der Waals surface area contributed by atoms with Crippen molar-refractivity contribution in [1.29, 1.82) is 0 Å². The van der Waals surface area contributed by atoms with E-state index in [0.717, 1.165) is 36.4 Å². The van der Waals surface area contributed by atoms with Crippen LogP contribution in [-0.4, -0.2) is 39.2 Å². The van der Waals surface area contributed by atoms with Gasteiger partial charge in [-0.2, -0.15) is 0 Å². The van der Waals surface area contributed by atoms with E-state index in [4.69, 9.17) is 0 Å². The molecule has 1 aliphatic rings. The fourth-order valence-corrected chi connectivity index (χ4v) is 4.88. The van der Waals surface area contributed by atoms with E-state index < -0.39 is 0 Å². The number of likely N-dealkylation sites (tertiary alicyclic amines) is 1. The van der Waals surface area contributed by atoms with Gasteiger partial charge >= 0.3 is 0 Å². The third kappa shape index (κ3) is 3.41. The molecule has 3 heterocycles. The van der Waals surface area contributed by atoms with Crippen LogP contribution in [0.2, 0.25) is 0 Å². The van der Waals surface area contributed by atoms with Gasteiger partial charge < -0.3 is 4.90 Å². The molecule has 0 atom stereocenters. The van der Waals surface area contributed by atoms with Crippen molar-refractivity contribution >= 4 is 39.2 Å². The largest absolute Gasteiger partial charge is 0.342 e. The molecule has 134 valence electrons. The number of rotatable bonds is 4. The molecule has 2 aromatic heterocycles. The van der Waals surface area contributed by atoms with Crippen molar-refractivity contribution in [3.63, 3.8) is 0 Å². The minimum atomic E-state index is -0.0876. The molecule has 7 heteroatoms. The summed E-state index contributed by atoms with van der Waals surface area (Å²) in [5.41, 5.74) is 0.682. The van der Waals surface area contributed by atoms with Crippen LogP contribution in [0, 0.1) is 0 Å². The Kier molecular flexibility index (Phi) is 5.08. The van der Waals surface area contributed by atoms with Crippen LogP contribution in [0.25, 0.3) is 15.9 Å². The molecule has 0 radical (unpaired) electrons. The topological polar surface area (TPSA) is 55.2 Å². The predicted molar refractivity (Wildman–Crippen MR) is 106 cm³/mol.